The van der Waals surface area contributed by atoms with Gasteiger partial charge >= 0.3 is 0 Å². The molecule has 1 aromatic rings. The molecule has 120 valence electrons. The van der Waals surface area contributed by atoms with Crippen LogP contribution in [0.4, 0.5) is 17.1 Å². The first-order chi connectivity index (χ1) is 10.4. The summed E-state index contributed by atoms with van der Waals surface area (Å²) in [5.74, 6) is 0.0470. The molecule has 0 spiro atoms. The van der Waals surface area contributed by atoms with Crippen LogP contribution in [0.1, 0.15) is 13.3 Å². The van der Waals surface area contributed by atoms with Gasteiger partial charge in [0.15, 0.2) is 12.4 Å². The smallest absolute Gasteiger partial charge is 0.296 e. The van der Waals surface area contributed by atoms with E-state index in [9.17, 15) is 14.9 Å². The van der Waals surface area contributed by atoms with Gasteiger partial charge in [-0.25, -0.2) is 0 Å². The molecule has 0 bridgehead atoms. The van der Waals surface area contributed by atoms with Crippen molar-refractivity contribution in [1.82, 2.24) is 4.90 Å². The summed E-state index contributed by atoms with van der Waals surface area (Å²) in [5, 5.41) is 17.0. The number of benzene rings is 1. The van der Waals surface area contributed by atoms with Crippen molar-refractivity contribution in [2.24, 2.45) is 0 Å². The van der Waals surface area contributed by atoms with Gasteiger partial charge in [-0.05, 0) is 40.1 Å². The van der Waals surface area contributed by atoms with E-state index in [-0.39, 0.29) is 24.2 Å². The number of rotatable bonds is 6. The number of ether oxygens (including phenoxy) is 1. The SMILES string of the molecule is CC(CCN(C)C)Nc1cc2c(cc1[N+](=O)[O-])OCC(=O)N2. The van der Waals surface area contributed by atoms with Crippen LogP contribution >= 0.6 is 0 Å². The van der Waals surface area contributed by atoms with Crippen LogP contribution in [0.3, 0.4) is 0 Å². The van der Waals surface area contributed by atoms with Crippen molar-refractivity contribution in [3.05, 3.63) is 22.2 Å². The van der Waals surface area contributed by atoms with Crippen molar-refractivity contribution < 1.29 is 14.5 Å². The zero-order valence-electron chi connectivity index (χ0n) is 12.9. The summed E-state index contributed by atoms with van der Waals surface area (Å²) in [4.78, 5) is 24.2. The number of anilines is 2. The first-order valence-electron chi connectivity index (χ1n) is 7.03. The van der Waals surface area contributed by atoms with Gasteiger partial charge in [0.1, 0.15) is 5.69 Å². The summed E-state index contributed by atoms with van der Waals surface area (Å²) in [6, 6.07) is 2.95. The molecule has 1 aliphatic heterocycles. The molecule has 8 nitrogen and oxygen atoms in total. The molecule has 0 aliphatic carbocycles. The largest absolute Gasteiger partial charge is 0.481 e. The maximum absolute atomic E-state index is 11.4. The lowest BCUT2D eigenvalue weighted by molar-refractivity contribution is -0.384. The molecule has 2 N–H and O–H groups in total. The van der Waals surface area contributed by atoms with E-state index in [4.69, 9.17) is 4.74 Å². The minimum Gasteiger partial charge on any atom is -0.481 e. The Kier molecular flexibility index (Phi) is 4.81. The number of nitrogens with one attached hydrogen (secondary N) is 2. The second kappa shape index (κ2) is 6.61. The number of fused-ring (bicyclic) bond motifs is 1. The van der Waals surface area contributed by atoms with Gasteiger partial charge in [0.25, 0.3) is 11.6 Å². The summed E-state index contributed by atoms with van der Waals surface area (Å²) < 4.78 is 5.21. The van der Waals surface area contributed by atoms with Crippen LogP contribution in [-0.2, 0) is 4.79 Å². The van der Waals surface area contributed by atoms with Crippen molar-refractivity contribution in [3.8, 4) is 5.75 Å². The summed E-state index contributed by atoms with van der Waals surface area (Å²) >= 11 is 0. The van der Waals surface area contributed by atoms with Crippen molar-refractivity contribution in [2.45, 2.75) is 19.4 Å². The number of nitro groups is 1. The van der Waals surface area contributed by atoms with E-state index in [0.717, 1.165) is 13.0 Å². The third kappa shape index (κ3) is 3.85. The molecular weight excluding hydrogens is 288 g/mol. The highest BCUT2D eigenvalue weighted by atomic mass is 16.6. The predicted octanol–water partition coefficient (Wildman–Crippen LogP) is 1.68. The fraction of sp³-hybridized carbons (Fsp3) is 0.500. The van der Waals surface area contributed by atoms with Gasteiger partial charge in [0.05, 0.1) is 16.7 Å². The lowest BCUT2D eigenvalue weighted by atomic mass is 10.1. The molecule has 1 aliphatic rings. The molecule has 0 fully saturated rings. The van der Waals surface area contributed by atoms with Crippen LogP contribution in [0.25, 0.3) is 0 Å². The van der Waals surface area contributed by atoms with Gasteiger partial charge in [-0.1, -0.05) is 0 Å². The minimum atomic E-state index is -0.457. The number of hydrogen-bond acceptors (Lipinski definition) is 6. The average Bonchev–Trinajstić information content (AvgIpc) is 2.44. The van der Waals surface area contributed by atoms with Gasteiger partial charge < -0.3 is 20.3 Å². The molecular formula is C14H20N4O4. The Hall–Kier alpha value is -2.35. The summed E-state index contributed by atoms with van der Waals surface area (Å²) in [5.41, 5.74) is 0.761. The number of amides is 1. The molecule has 8 heteroatoms. The van der Waals surface area contributed by atoms with Crippen LogP contribution in [0.15, 0.2) is 12.1 Å². The van der Waals surface area contributed by atoms with E-state index in [0.29, 0.717) is 17.1 Å². The molecule has 0 aromatic heterocycles. The predicted molar refractivity (Wildman–Crippen MR) is 83.5 cm³/mol. The van der Waals surface area contributed by atoms with E-state index < -0.39 is 4.92 Å². The lowest BCUT2D eigenvalue weighted by Gasteiger charge is -2.21. The maximum Gasteiger partial charge on any atom is 0.296 e. The third-order valence-corrected chi connectivity index (χ3v) is 3.34. The normalized spacial score (nSPS) is 14.8. The van der Waals surface area contributed by atoms with Crippen molar-refractivity contribution >= 4 is 23.0 Å². The molecule has 0 saturated carbocycles. The molecule has 0 radical (unpaired) electrons. The number of hydrogen-bond donors (Lipinski definition) is 2. The second-order valence-electron chi connectivity index (χ2n) is 5.60. The summed E-state index contributed by atoms with van der Waals surface area (Å²) in [6.07, 6.45) is 0.837. The van der Waals surface area contributed by atoms with E-state index in [1.807, 2.05) is 25.9 Å². The molecule has 1 heterocycles. The highest BCUT2D eigenvalue weighted by Crippen LogP contribution is 2.38. The van der Waals surface area contributed by atoms with Gasteiger partial charge in [-0.3, -0.25) is 14.9 Å². The van der Waals surface area contributed by atoms with Crippen LogP contribution in [0, 0.1) is 10.1 Å². The standard InChI is InChI=1S/C14H20N4O4/c1-9(4-5-17(2)3)15-10-6-11-13(7-12(10)18(20)21)22-8-14(19)16-11/h6-7,9,15H,4-5,8H2,1-3H3,(H,16,19). The highest BCUT2D eigenvalue weighted by Gasteiger charge is 2.24. The molecule has 1 aromatic carbocycles. The van der Waals surface area contributed by atoms with E-state index >= 15 is 0 Å². The fourth-order valence-corrected chi connectivity index (χ4v) is 2.17. The van der Waals surface area contributed by atoms with Crippen molar-refractivity contribution in [2.75, 3.05) is 37.9 Å². The fourth-order valence-electron chi connectivity index (χ4n) is 2.17. The monoisotopic (exact) mass is 308 g/mol. The summed E-state index contributed by atoms with van der Waals surface area (Å²) in [6.45, 7) is 2.70. The van der Waals surface area contributed by atoms with Crippen LogP contribution < -0.4 is 15.4 Å². The van der Waals surface area contributed by atoms with Crippen molar-refractivity contribution in [1.29, 1.82) is 0 Å². The number of nitrogens with zero attached hydrogens (tertiary/aromatic N) is 2. The molecule has 1 unspecified atom stereocenters. The van der Waals surface area contributed by atoms with Crippen LogP contribution in [-0.4, -0.2) is 49.0 Å². The van der Waals surface area contributed by atoms with E-state index in [2.05, 4.69) is 10.6 Å². The first-order valence-corrected chi connectivity index (χ1v) is 7.03. The molecule has 1 atom stereocenters. The Labute approximate surface area is 128 Å². The minimum absolute atomic E-state index is 0.0550. The topological polar surface area (TPSA) is 96.7 Å². The number of carbonyl (C=O) groups excluding carboxylic acids is 1. The van der Waals surface area contributed by atoms with Crippen LogP contribution in [0.2, 0.25) is 0 Å². The van der Waals surface area contributed by atoms with Crippen LogP contribution in [0.5, 0.6) is 5.75 Å². The Bertz CT molecular complexity index is 588. The van der Waals surface area contributed by atoms with Gasteiger partial charge in [0, 0.05) is 6.04 Å². The molecule has 1 amide bonds. The van der Waals surface area contributed by atoms with E-state index in [1.165, 1.54) is 6.07 Å². The first kappa shape index (κ1) is 16.0. The average molecular weight is 308 g/mol. The third-order valence-electron chi connectivity index (χ3n) is 3.34. The Morgan fingerprint density at radius 1 is 1.50 bits per heavy atom. The van der Waals surface area contributed by atoms with Gasteiger partial charge in [-0.15, -0.1) is 0 Å². The maximum atomic E-state index is 11.4. The zero-order valence-corrected chi connectivity index (χ0v) is 12.9. The number of carbonyl (C=O) groups is 1. The summed E-state index contributed by atoms with van der Waals surface area (Å²) in [7, 11) is 3.95. The second-order valence-corrected chi connectivity index (χ2v) is 5.60. The Morgan fingerprint density at radius 3 is 2.86 bits per heavy atom. The molecule has 2 rings (SSSR count). The van der Waals surface area contributed by atoms with E-state index in [1.54, 1.807) is 6.07 Å². The van der Waals surface area contributed by atoms with Gasteiger partial charge in [0.2, 0.25) is 0 Å². The number of nitro benzene ring substituents is 1. The Morgan fingerprint density at radius 2 is 2.23 bits per heavy atom. The molecule has 22 heavy (non-hydrogen) atoms. The van der Waals surface area contributed by atoms with Crippen molar-refractivity contribution in [3.63, 3.8) is 0 Å². The lowest BCUT2D eigenvalue weighted by Crippen LogP contribution is -2.26. The van der Waals surface area contributed by atoms with Gasteiger partial charge in [-0.2, -0.15) is 0 Å². The molecule has 0 saturated heterocycles. The Balaban J connectivity index is 2.23. The zero-order chi connectivity index (χ0) is 16.3. The quantitative estimate of drug-likeness (QED) is 0.613. The highest BCUT2D eigenvalue weighted by molar-refractivity contribution is 5.96.